The highest BCUT2D eigenvalue weighted by Crippen LogP contribution is 2.16. The van der Waals surface area contributed by atoms with Crippen molar-refractivity contribution in [3.05, 3.63) is 0 Å². The van der Waals surface area contributed by atoms with Crippen molar-refractivity contribution < 1.29 is 4.79 Å². The highest BCUT2D eigenvalue weighted by molar-refractivity contribution is 5.79. The molecule has 1 heterocycles. The monoisotopic (exact) mass is 198 g/mol. The Morgan fingerprint density at radius 2 is 2.07 bits per heavy atom. The third-order valence-electron chi connectivity index (χ3n) is 3.21. The number of hydrogen-bond acceptors (Lipinski definition) is 2. The van der Waals surface area contributed by atoms with E-state index in [4.69, 9.17) is 0 Å². The molecule has 2 N–H and O–H groups in total. The second kappa shape index (κ2) is 4.30. The molecule has 1 fully saturated rings. The van der Waals surface area contributed by atoms with E-state index in [0.29, 0.717) is 5.92 Å². The fourth-order valence-electron chi connectivity index (χ4n) is 1.64. The molecule has 1 rings (SSSR count). The van der Waals surface area contributed by atoms with Gasteiger partial charge in [0, 0.05) is 12.5 Å². The Morgan fingerprint density at radius 1 is 1.43 bits per heavy atom. The molecule has 82 valence electrons. The van der Waals surface area contributed by atoms with Crippen molar-refractivity contribution >= 4 is 5.91 Å². The van der Waals surface area contributed by atoms with Crippen LogP contribution in [-0.2, 0) is 4.79 Å². The first-order valence-corrected chi connectivity index (χ1v) is 5.47. The van der Waals surface area contributed by atoms with Crippen molar-refractivity contribution in [3.63, 3.8) is 0 Å². The molecule has 1 aliphatic heterocycles. The Hall–Kier alpha value is -0.570. The number of carbonyl (C=O) groups excluding carboxylic acids is 1. The first kappa shape index (κ1) is 11.5. The van der Waals surface area contributed by atoms with E-state index in [1.807, 2.05) is 6.92 Å². The molecule has 0 aromatic rings. The van der Waals surface area contributed by atoms with Crippen LogP contribution in [0.1, 0.15) is 34.1 Å². The Kier molecular flexibility index (Phi) is 3.53. The summed E-state index contributed by atoms with van der Waals surface area (Å²) in [5, 5.41) is 6.41. The first-order valence-electron chi connectivity index (χ1n) is 5.47. The Morgan fingerprint density at radius 3 is 2.50 bits per heavy atom. The van der Waals surface area contributed by atoms with E-state index in [9.17, 15) is 4.79 Å². The Balaban J connectivity index is 2.47. The minimum absolute atomic E-state index is 0.0275. The van der Waals surface area contributed by atoms with E-state index in [0.717, 1.165) is 19.5 Å². The van der Waals surface area contributed by atoms with E-state index in [1.54, 1.807) is 0 Å². The third kappa shape index (κ3) is 2.71. The smallest absolute Gasteiger partial charge is 0.223 e. The summed E-state index contributed by atoms with van der Waals surface area (Å²) >= 11 is 0. The minimum atomic E-state index is -0.0275. The summed E-state index contributed by atoms with van der Waals surface area (Å²) in [5.41, 5.74) is -0.0275. The van der Waals surface area contributed by atoms with E-state index in [2.05, 4.69) is 31.4 Å². The van der Waals surface area contributed by atoms with Gasteiger partial charge >= 0.3 is 0 Å². The lowest BCUT2D eigenvalue weighted by atomic mass is 9.94. The van der Waals surface area contributed by atoms with Crippen LogP contribution in [0.25, 0.3) is 0 Å². The van der Waals surface area contributed by atoms with Gasteiger partial charge in [-0.3, -0.25) is 4.79 Å². The van der Waals surface area contributed by atoms with Crippen LogP contribution >= 0.6 is 0 Å². The van der Waals surface area contributed by atoms with Crippen molar-refractivity contribution in [2.75, 3.05) is 13.1 Å². The maximum Gasteiger partial charge on any atom is 0.223 e. The van der Waals surface area contributed by atoms with Gasteiger partial charge in [-0.15, -0.1) is 0 Å². The third-order valence-corrected chi connectivity index (χ3v) is 3.21. The highest BCUT2D eigenvalue weighted by atomic mass is 16.2. The summed E-state index contributed by atoms with van der Waals surface area (Å²) in [5.74, 6) is 0.701. The number of nitrogens with one attached hydrogen (secondary N) is 2. The molecule has 0 saturated carbocycles. The summed E-state index contributed by atoms with van der Waals surface area (Å²) in [7, 11) is 0. The molecule has 0 aromatic carbocycles. The molecule has 2 atom stereocenters. The second-order valence-corrected chi connectivity index (χ2v) is 5.01. The molecule has 0 spiro atoms. The van der Waals surface area contributed by atoms with Crippen molar-refractivity contribution in [2.24, 2.45) is 11.8 Å². The first-order chi connectivity index (χ1) is 6.44. The van der Waals surface area contributed by atoms with Gasteiger partial charge < -0.3 is 10.6 Å². The SMILES string of the molecule is CC(C)C(C)C(=O)NC1(C)CCNC1. The van der Waals surface area contributed by atoms with Crippen molar-refractivity contribution in [3.8, 4) is 0 Å². The van der Waals surface area contributed by atoms with E-state index in [1.165, 1.54) is 0 Å². The molecule has 2 unspecified atom stereocenters. The van der Waals surface area contributed by atoms with Gasteiger partial charge in [0.05, 0.1) is 5.54 Å². The maximum atomic E-state index is 11.8. The van der Waals surface area contributed by atoms with Crippen LogP contribution in [-0.4, -0.2) is 24.5 Å². The second-order valence-electron chi connectivity index (χ2n) is 5.01. The maximum absolute atomic E-state index is 11.8. The molecular weight excluding hydrogens is 176 g/mol. The van der Waals surface area contributed by atoms with E-state index >= 15 is 0 Å². The summed E-state index contributed by atoms with van der Waals surface area (Å²) in [6.45, 7) is 10.2. The van der Waals surface area contributed by atoms with Crippen LogP contribution < -0.4 is 10.6 Å². The van der Waals surface area contributed by atoms with Gasteiger partial charge in [-0.05, 0) is 25.8 Å². The quantitative estimate of drug-likeness (QED) is 0.714. The summed E-state index contributed by atoms with van der Waals surface area (Å²) in [4.78, 5) is 11.8. The average molecular weight is 198 g/mol. The largest absolute Gasteiger partial charge is 0.349 e. The lowest BCUT2D eigenvalue weighted by Crippen LogP contribution is -2.49. The topological polar surface area (TPSA) is 41.1 Å². The van der Waals surface area contributed by atoms with Gasteiger partial charge in [-0.25, -0.2) is 0 Å². The molecule has 1 amide bonds. The molecule has 1 aliphatic rings. The van der Waals surface area contributed by atoms with E-state index in [-0.39, 0.29) is 17.4 Å². The van der Waals surface area contributed by atoms with E-state index < -0.39 is 0 Å². The molecule has 14 heavy (non-hydrogen) atoms. The van der Waals surface area contributed by atoms with Crippen molar-refractivity contribution in [1.82, 2.24) is 10.6 Å². The van der Waals surface area contributed by atoms with Crippen molar-refractivity contribution in [2.45, 2.75) is 39.7 Å². The van der Waals surface area contributed by atoms with Gasteiger partial charge in [0.15, 0.2) is 0 Å². The summed E-state index contributed by atoms with van der Waals surface area (Å²) in [6.07, 6.45) is 1.03. The van der Waals surface area contributed by atoms with Crippen molar-refractivity contribution in [1.29, 1.82) is 0 Å². The van der Waals surface area contributed by atoms with Crippen LogP contribution in [0.2, 0.25) is 0 Å². The van der Waals surface area contributed by atoms with Gasteiger partial charge in [0.25, 0.3) is 0 Å². The van der Waals surface area contributed by atoms with Gasteiger partial charge in [0.1, 0.15) is 0 Å². The zero-order chi connectivity index (χ0) is 10.8. The average Bonchev–Trinajstić information content (AvgIpc) is 2.50. The molecular formula is C11H22N2O. The molecule has 0 bridgehead atoms. The fraction of sp³-hybridized carbons (Fsp3) is 0.909. The summed E-state index contributed by atoms with van der Waals surface area (Å²) in [6, 6.07) is 0. The van der Waals surface area contributed by atoms with Crippen LogP contribution in [0, 0.1) is 11.8 Å². The molecule has 3 heteroatoms. The van der Waals surface area contributed by atoms with Crippen LogP contribution in [0.3, 0.4) is 0 Å². The molecule has 1 saturated heterocycles. The molecule has 0 radical (unpaired) electrons. The van der Waals surface area contributed by atoms with Gasteiger partial charge in [-0.2, -0.15) is 0 Å². The highest BCUT2D eigenvalue weighted by Gasteiger charge is 2.31. The number of amides is 1. The standard InChI is InChI=1S/C11H22N2O/c1-8(2)9(3)10(14)13-11(4)5-6-12-7-11/h8-9,12H,5-7H2,1-4H3,(H,13,14). The molecule has 0 aromatic heterocycles. The summed E-state index contributed by atoms with van der Waals surface area (Å²) < 4.78 is 0. The van der Waals surface area contributed by atoms with Gasteiger partial charge in [-0.1, -0.05) is 20.8 Å². The fourth-order valence-corrected chi connectivity index (χ4v) is 1.64. The van der Waals surface area contributed by atoms with Gasteiger partial charge in [0.2, 0.25) is 5.91 Å². The minimum Gasteiger partial charge on any atom is -0.349 e. The Labute approximate surface area is 86.6 Å². The Bertz CT molecular complexity index is 207. The predicted molar refractivity (Wildman–Crippen MR) is 58.0 cm³/mol. The normalized spacial score (nSPS) is 29.2. The lowest BCUT2D eigenvalue weighted by molar-refractivity contribution is -0.127. The molecule has 3 nitrogen and oxygen atoms in total. The van der Waals surface area contributed by atoms with Crippen LogP contribution in [0.15, 0.2) is 0 Å². The number of carbonyl (C=O) groups is 1. The number of hydrogen-bond donors (Lipinski definition) is 2. The van der Waals surface area contributed by atoms with Crippen LogP contribution in [0.5, 0.6) is 0 Å². The zero-order valence-corrected chi connectivity index (χ0v) is 9.68. The lowest BCUT2D eigenvalue weighted by Gasteiger charge is -2.27. The zero-order valence-electron chi connectivity index (χ0n) is 9.68. The van der Waals surface area contributed by atoms with Crippen LogP contribution in [0.4, 0.5) is 0 Å². The predicted octanol–water partition coefficient (Wildman–Crippen LogP) is 1.15. The number of rotatable bonds is 3. The molecule has 0 aliphatic carbocycles.